The van der Waals surface area contributed by atoms with E-state index in [2.05, 4.69) is 82.5 Å². The number of rotatable bonds is 9. The second-order valence-corrected chi connectivity index (χ2v) is 7.23. The maximum absolute atomic E-state index is 5.91. The maximum atomic E-state index is 5.91. The third kappa shape index (κ3) is 5.64. The first-order valence-corrected chi connectivity index (χ1v) is 10.5. The Morgan fingerprint density at radius 2 is 1.16 bits per heavy atom. The number of hydrogen-bond acceptors (Lipinski definition) is 3. The summed E-state index contributed by atoms with van der Waals surface area (Å²) in [6.45, 7) is 1.87. The van der Waals surface area contributed by atoms with E-state index >= 15 is 0 Å². The molecule has 1 heterocycles. The normalized spacial score (nSPS) is 10.5. The molecule has 0 unspecified atom stereocenters. The Kier molecular flexibility index (Phi) is 6.81. The number of nitrogens with zero attached hydrogens (tertiary/aromatic N) is 2. The van der Waals surface area contributed by atoms with Crippen LogP contribution in [0, 0.1) is 0 Å². The van der Waals surface area contributed by atoms with Crippen molar-refractivity contribution >= 4 is 11.4 Å². The fourth-order valence-corrected chi connectivity index (χ4v) is 3.48. The van der Waals surface area contributed by atoms with E-state index in [0.717, 1.165) is 36.8 Å². The van der Waals surface area contributed by atoms with Crippen molar-refractivity contribution in [3.8, 4) is 17.2 Å². The lowest BCUT2D eigenvalue weighted by Crippen LogP contribution is -2.34. The van der Waals surface area contributed by atoms with Crippen LogP contribution in [0.25, 0.3) is 0 Å². The van der Waals surface area contributed by atoms with E-state index in [1.165, 1.54) is 11.4 Å². The standard InChI is InChI=1S/C27H27N2O2/c1-30-25-13-15-26(16-14-25)31-27-17-21-28(22-18-27)19-8-20-29(23-9-4-2-5-10-23)24-11-6-3-7-12-24/h2-7,9-18,21-22H,8,19-20H2,1H3/q+1. The van der Waals surface area contributed by atoms with Gasteiger partial charge in [-0.2, -0.15) is 0 Å². The zero-order valence-electron chi connectivity index (χ0n) is 17.7. The van der Waals surface area contributed by atoms with E-state index in [1.807, 2.05) is 36.4 Å². The summed E-state index contributed by atoms with van der Waals surface area (Å²) in [7, 11) is 1.66. The Hall–Kier alpha value is -3.79. The van der Waals surface area contributed by atoms with Gasteiger partial charge in [0.15, 0.2) is 12.4 Å². The summed E-state index contributed by atoms with van der Waals surface area (Å²) in [4.78, 5) is 2.36. The summed E-state index contributed by atoms with van der Waals surface area (Å²) < 4.78 is 13.3. The van der Waals surface area contributed by atoms with Gasteiger partial charge in [-0.25, -0.2) is 4.57 Å². The monoisotopic (exact) mass is 411 g/mol. The van der Waals surface area contributed by atoms with E-state index in [-0.39, 0.29) is 0 Å². The molecule has 31 heavy (non-hydrogen) atoms. The highest BCUT2D eigenvalue weighted by Crippen LogP contribution is 2.25. The number of hydrogen-bond donors (Lipinski definition) is 0. The molecule has 4 nitrogen and oxygen atoms in total. The van der Waals surface area contributed by atoms with Crippen molar-refractivity contribution in [2.45, 2.75) is 13.0 Å². The highest BCUT2D eigenvalue weighted by molar-refractivity contribution is 5.62. The average molecular weight is 412 g/mol. The van der Waals surface area contributed by atoms with E-state index in [4.69, 9.17) is 9.47 Å². The lowest BCUT2D eigenvalue weighted by molar-refractivity contribution is -0.697. The van der Waals surface area contributed by atoms with Crippen LogP contribution < -0.4 is 18.9 Å². The highest BCUT2D eigenvalue weighted by atomic mass is 16.5. The molecule has 0 saturated carbocycles. The van der Waals surface area contributed by atoms with Gasteiger partial charge in [0.1, 0.15) is 23.8 Å². The van der Waals surface area contributed by atoms with Crippen molar-refractivity contribution in [3.05, 3.63) is 109 Å². The molecule has 0 spiro atoms. The molecule has 0 atom stereocenters. The van der Waals surface area contributed by atoms with Gasteiger partial charge >= 0.3 is 0 Å². The number of anilines is 2. The van der Waals surface area contributed by atoms with Gasteiger partial charge in [-0.1, -0.05) is 36.4 Å². The second-order valence-electron chi connectivity index (χ2n) is 7.23. The van der Waals surface area contributed by atoms with Gasteiger partial charge in [0.2, 0.25) is 0 Å². The van der Waals surface area contributed by atoms with Crippen LogP contribution in [-0.2, 0) is 6.54 Å². The Morgan fingerprint density at radius 3 is 1.71 bits per heavy atom. The van der Waals surface area contributed by atoms with Crippen molar-refractivity contribution in [2.75, 3.05) is 18.6 Å². The molecule has 0 fully saturated rings. The van der Waals surface area contributed by atoms with Crippen LogP contribution in [0.1, 0.15) is 6.42 Å². The average Bonchev–Trinajstić information content (AvgIpc) is 2.84. The van der Waals surface area contributed by atoms with Gasteiger partial charge in [0, 0.05) is 36.5 Å². The first kappa shape index (κ1) is 20.5. The lowest BCUT2D eigenvalue weighted by atomic mass is 10.2. The van der Waals surface area contributed by atoms with Crippen molar-refractivity contribution in [1.29, 1.82) is 0 Å². The van der Waals surface area contributed by atoms with Gasteiger partial charge in [-0.05, 0) is 48.5 Å². The molecule has 0 saturated heterocycles. The molecule has 0 aliphatic heterocycles. The quantitative estimate of drug-likeness (QED) is 0.316. The van der Waals surface area contributed by atoms with Gasteiger partial charge in [0.25, 0.3) is 0 Å². The van der Waals surface area contributed by atoms with Crippen molar-refractivity contribution in [1.82, 2.24) is 0 Å². The molecule has 4 aromatic rings. The highest BCUT2D eigenvalue weighted by Gasteiger charge is 2.10. The Labute approximate surface area is 183 Å². The number of benzene rings is 3. The molecule has 4 rings (SSSR count). The summed E-state index contributed by atoms with van der Waals surface area (Å²) in [5, 5.41) is 0. The topological polar surface area (TPSA) is 25.6 Å². The van der Waals surface area contributed by atoms with Crippen LogP contribution in [0.15, 0.2) is 109 Å². The predicted octanol–water partition coefficient (Wildman–Crippen LogP) is 6.00. The predicted molar refractivity (Wildman–Crippen MR) is 124 cm³/mol. The summed E-state index contributed by atoms with van der Waals surface area (Å²) in [5.41, 5.74) is 2.42. The number of pyridine rings is 1. The van der Waals surface area contributed by atoms with Crippen LogP contribution >= 0.6 is 0 Å². The fourth-order valence-electron chi connectivity index (χ4n) is 3.48. The maximum Gasteiger partial charge on any atom is 0.172 e. The zero-order valence-corrected chi connectivity index (χ0v) is 17.7. The molecule has 0 amide bonds. The summed E-state index contributed by atoms with van der Waals surface area (Å²) in [6, 6.07) is 32.7. The van der Waals surface area contributed by atoms with E-state index < -0.39 is 0 Å². The lowest BCUT2D eigenvalue weighted by Gasteiger charge is -2.24. The number of aromatic nitrogens is 1. The Balaban J connectivity index is 1.35. The minimum absolute atomic E-state index is 0.792. The van der Waals surface area contributed by atoms with Crippen molar-refractivity contribution in [2.24, 2.45) is 0 Å². The van der Waals surface area contributed by atoms with E-state index in [0.29, 0.717) is 0 Å². The van der Waals surface area contributed by atoms with E-state index in [9.17, 15) is 0 Å². The summed E-state index contributed by atoms with van der Waals surface area (Å²) in [6.07, 6.45) is 5.15. The molecule has 156 valence electrons. The molecule has 0 N–H and O–H groups in total. The Bertz CT molecular complexity index is 1010. The van der Waals surface area contributed by atoms with Crippen LogP contribution in [0.3, 0.4) is 0 Å². The third-order valence-electron chi connectivity index (χ3n) is 5.09. The SMILES string of the molecule is COc1ccc(Oc2cc[n+](CCCN(c3ccccc3)c3ccccc3)cc2)cc1. The fraction of sp³-hybridized carbons (Fsp3) is 0.148. The number of aryl methyl sites for hydroxylation is 1. The molecule has 0 aliphatic carbocycles. The van der Waals surface area contributed by atoms with Crippen LogP contribution in [0.2, 0.25) is 0 Å². The van der Waals surface area contributed by atoms with Gasteiger partial charge in [-0.3, -0.25) is 0 Å². The molecule has 0 bridgehead atoms. The first-order chi connectivity index (χ1) is 15.3. The van der Waals surface area contributed by atoms with Crippen LogP contribution in [-0.4, -0.2) is 13.7 Å². The van der Waals surface area contributed by atoms with Crippen molar-refractivity contribution < 1.29 is 14.0 Å². The van der Waals surface area contributed by atoms with E-state index in [1.54, 1.807) is 7.11 Å². The smallest absolute Gasteiger partial charge is 0.172 e. The molecular formula is C27H27N2O2+. The van der Waals surface area contributed by atoms with Gasteiger partial charge in [-0.15, -0.1) is 0 Å². The number of methoxy groups -OCH3 is 1. The zero-order chi connectivity index (χ0) is 21.3. The van der Waals surface area contributed by atoms with Crippen molar-refractivity contribution in [3.63, 3.8) is 0 Å². The number of para-hydroxylation sites is 2. The minimum atomic E-state index is 0.792. The molecule has 3 aromatic carbocycles. The summed E-state index contributed by atoms with van der Waals surface area (Å²) in [5.74, 6) is 2.43. The number of ether oxygens (including phenoxy) is 2. The van der Waals surface area contributed by atoms with Gasteiger partial charge < -0.3 is 14.4 Å². The molecular weight excluding hydrogens is 384 g/mol. The van der Waals surface area contributed by atoms with Crippen LogP contribution in [0.5, 0.6) is 17.2 Å². The minimum Gasteiger partial charge on any atom is -0.497 e. The second kappa shape index (κ2) is 10.3. The molecule has 0 radical (unpaired) electrons. The molecule has 4 heteroatoms. The van der Waals surface area contributed by atoms with Gasteiger partial charge in [0.05, 0.1) is 7.11 Å². The largest absolute Gasteiger partial charge is 0.497 e. The molecule has 1 aromatic heterocycles. The van der Waals surface area contributed by atoms with Crippen LogP contribution in [0.4, 0.5) is 11.4 Å². The summed E-state index contributed by atoms with van der Waals surface area (Å²) >= 11 is 0. The third-order valence-corrected chi connectivity index (χ3v) is 5.09. The first-order valence-electron chi connectivity index (χ1n) is 10.5. The Morgan fingerprint density at radius 1 is 0.645 bits per heavy atom. The molecule has 0 aliphatic rings.